The van der Waals surface area contributed by atoms with Gasteiger partial charge in [-0.15, -0.1) is 0 Å². The number of nitrogens with zero attached hydrogens (tertiary/aromatic N) is 1. The van der Waals surface area contributed by atoms with Gasteiger partial charge in [-0.3, -0.25) is 9.59 Å². The average molecular weight is 435 g/mol. The lowest BCUT2D eigenvalue weighted by Crippen LogP contribution is -2.43. The fraction of sp³-hybridized carbons (Fsp3) is 0.300. The summed E-state index contributed by atoms with van der Waals surface area (Å²) >= 11 is 3.17. The van der Waals surface area contributed by atoms with Crippen molar-refractivity contribution in [1.29, 1.82) is 0 Å². The van der Waals surface area contributed by atoms with E-state index in [1.165, 1.54) is 12.1 Å². The average Bonchev–Trinajstić information content (AvgIpc) is 2.68. The van der Waals surface area contributed by atoms with Gasteiger partial charge in [-0.2, -0.15) is 0 Å². The molecule has 2 aromatic rings. The van der Waals surface area contributed by atoms with Crippen molar-refractivity contribution in [2.45, 2.75) is 12.8 Å². The molecule has 1 aliphatic heterocycles. The van der Waals surface area contributed by atoms with Crippen LogP contribution in [-0.4, -0.2) is 36.4 Å². The summed E-state index contributed by atoms with van der Waals surface area (Å²) in [6.45, 7) is 0.745. The number of likely N-dealkylation sites (tertiary alicyclic amines) is 1. The van der Waals surface area contributed by atoms with Crippen molar-refractivity contribution >= 4 is 33.4 Å². The zero-order valence-electron chi connectivity index (χ0n) is 14.7. The number of carbonyl (C=O) groups excluding carboxylic acids is 2. The van der Waals surface area contributed by atoms with Crippen LogP contribution in [0.2, 0.25) is 0 Å². The van der Waals surface area contributed by atoms with Gasteiger partial charge < -0.3 is 15.0 Å². The molecule has 0 unspecified atom stereocenters. The lowest BCUT2D eigenvalue weighted by Gasteiger charge is -2.31. The van der Waals surface area contributed by atoms with Gasteiger partial charge in [0.15, 0.2) is 18.2 Å². The maximum absolute atomic E-state index is 13.7. The number of ether oxygens (including phenoxy) is 1. The Morgan fingerprint density at radius 1 is 1.15 bits per heavy atom. The maximum atomic E-state index is 13.7. The Bertz CT molecular complexity index is 808. The molecule has 0 bridgehead atoms. The number of amides is 2. The largest absolute Gasteiger partial charge is 0.481 e. The van der Waals surface area contributed by atoms with Crippen LogP contribution in [0.3, 0.4) is 0 Å². The molecule has 2 amide bonds. The summed E-state index contributed by atoms with van der Waals surface area (Å²) in [5.41, 5.74) is 0.769. The summed E-state index contributed by atoms with van der Waals surface area (Å²) in [7, 11) is 0. The van der Waals surface area contributed by atoms with Gasteiger partial charge in [0.1, 0.15) is 0 Å². The third-order valence-corrected chi connectivity index (χ3v) is 5.00. The van der Waals surface area contributed by atoms with Crippen LogP contribution in [0.1, 0.15) is 12.8 Å². The molecule has 5 nitrogen and oxygen atoms in total. The quantitative estimate of drug-likeness (QED) is 0.777. The van der Waals surface area contributed by atoms with Crippen molar-refractivity contribution in [2.24, 2.45) is 5.92 Å². The van der Waals surface area contributed by atoms with Crippen molar-refractivity contribution < 1.29 is 18.7 Å². The van der Waals surface area contributed by atoms with E-state index in [0.29, 0.717) is 30.4 Å². The summed E-state index contributed by atoms with van der Waals surface area (Å²) in [5, 5.41) is 2.90. The van der Waals surface area contributed by atoms with Crippen LogP contribution in [-0.2, 0) is 9.59 Å². The van der Waals surface area contributed by atoms with Gasteiger partial charge in [-0.05, 0) is 43.2 Å². The summed E-state index contributed by atoms with van der Waals surface area (Å²) in [4.78, 5) is 26.3. The summed E-state index contributed by atoms with van der Waals surface area (Å²) < 4.78 is 19.6. The van der Waals surface area contributed by atoms with Gasteiger partial charge >= 0.3 is 0 Å². The smallest absolute Gasteiger partial charge is 0.260 e. The van der Waals surface area contributed by atoms with Crippen LogP contribution < -0.4 is 10.1 Å². The van der Waals surface area contributed by atoms with Crippen molar-refractivity contribution in [3.05, 3.63) is 58.8 Å². The molecule has 7 heteroatoms. The van der Waals surface area contributed by atoms with E-state index in [1.807, 2.05) is 30.3 Å². The van der Waals surface area contributed by atoms with Crippen LogP contribution in [0.15, 0.2) is 53.0 Å². The van der Waals surface area contributed by atoms with E-state index in [0.717, 1.165) is 5.69 Å². The molecule has 3 rings (SSSR count). The first-order valence-electron chi connectivity index (χ1n) is 8.74. The second-order valence-electron chi connectivity index (χ2n) is 6.37. The van der Waals surface area contributed by atoms with E-state index >= 15 is 0 Å². The number of halogens is 2. The normalized spacial score (nSPS) is 14.7. The molecular weight excluding hydrogens is 415 g/mol. The molecule has 0 aliphatic carbocycles. The summed E-state index contributed by atoms with van der Waals surface area (Å²) in [6.07, 6.45) is 1.19. The van der Waals surface area contributed by atoms with Crippen molar-refractivity contribution in [2.75, 3.05) is 25.0 Å². The Balaban J connectivity index is 1.45. The third kappa shape index (κ3) is 5.29. The first-order valence-corrected chi connectivity index (χ1v) is 9.54. The second kappa shape index (κ2) is 8.99. The Labute approximate surface area is 165 Å². The molecule has 0 spiro atoms. The third-order valence-electron chi connectivity index (χ3n) is 4.50. The minimum absolute atomic E-state index is 0.0264. The van der Waals surface area contributed by atoms with Gasteiger partial charge in [0.25, 0.3) is 5.91 Å². The zero-order valence-corrected chi connectivity index (χ0v) is 16.2. The summed E-state index contributed by atoms with van der Waals surface area (Å²) in [6, 6.07) is 13.7. The number of nitrogens with one attached hydrogen (secondary N) is 1. The molecule has 0 aromatic heterocycles. The molecule has 1 aliphatic rings. The molecule has 0 radical (unpaired) electrons. The molecule has 1 saturated heterocycles. The number of carbonyl (C=O) groups is 2. The van der Waals surface area contributed by atoms with E-state index in [4.69, 9.17) is 4.74 Å². The molecule has 142 valence electrons. The lowest BCUT2D eigenvalue weighted by molar-refractivity contribution is -0.136. The van der Waals surface area contributed by atoms with Gasteiger partial charge in [-0.25, -0.2) is 4.39 Å². The Morgan fingerprint density at radius 3 is 2.52 bits per heavy atom. The highest BCUT2D eigenvalue weighted by Crippen LogP contribution is 2.22. The number of anilines is 1. The Hall–Kier alpha value is -2.41. The maximum Gasteiger partial charge on any atom is 0.260 e. The Kier molecular flexibility index (Phi) is 6.45. The SMILES string of the molecule is O=C(Nc1ccccc1)C1CCN(C(=O)COc2ccc(Br)cc2F)CC1. The van der Waals surface area contributed by atoms with E-state index in [2.05, 4.69) is 21.2 Å². The van der Waals surface area contributed by atoms with Crippen LogP contribution in [0, 0.1) is 11.7 Å². The van der Waals surface area contributed by atoms with E-state index in [9.17, 15) is 14.0 Å². The fourth-order valence-corrected chi connectivity index (χ4v) is 3.31. The highest BCUT2D eigenvalue weighted by atomic mass is 79.9. The number of hydrogen-bond donors (Lipinski definition) is 1. The second-order valence-corrected chi connectivity index (χ2v) is 7.29. The Morgan fingerprint density at radius 2 is 1.85 bits per heavy atom. The van der Waals surface area contributed by atoms with Crippen molar-refractivity contribution in [3.8, 4) is 5.75 Å². The zero-order chi connectivity index (χ0) is 19.2. The molecule has 27 heavy (non-hydrogen) atoms. The highest BCUT2D eigenvalue weighted by Gasteiger charge is 2.27. The van der Waals surface area contributed by atoms with E-state index in [1.54, 1.807) is 11.0 Å². The lowest BCUT2D eigenvalue weighted by atomic mass is 9.95. The van der Waals surface area contributed by atoms with Crippen LogP contribution in [0.25, 0.3) is 0 Å². The van der Waals surface area contributed by atoms with Crippen molar-refractivity contribution in [3.63, 3.8) is 0 Å². The number of hydrogen-bond acceptors (Lipinski definition) is 3. The molecule has 2 aromatic carbocycles. The molecule has 0 saturated carbocycles. The van der Waals surface area contributed by atoms with E-state index < -0.39 is 5.82 Å². The molecule has 1 heterocycles. The first kappa shape index (κ1) is 19.4. The number of piperidine rings is 1. The van der Waals surface area contributed by atoms with Gasteiger partial charge in [0.2, 0.25) is 5.91 Å². The molecule has 0 atom stereocenters. The predicted molar refractivity (Wildman–Crippen MR) is 104 cm³/mol. The van der Waals surface area contributed by atoms with Crippen LogP contribution >= 0.6 is 15.9 Å². The summed E-state index contributed by atoms with van der Waals surface area (Å²) in [5.74, 6) is -0.836. The monoisotopic (exact) mass is 434 g/mol. The molecule has 1 fully saturated rings. The standard InChI is InChI=1S/C20H20BrFN2O3/c21-15-6-7-18(17(22)12-15)27-13-19(25)24-10-8-14(9-11-24)20(26)23-16-4-2-1-3-5-16/h1-7,12,14H,8-11,13H2,(H,23,26). The topological polar surface area (TPSA) is 58.6 Å². The number of rotatable bonds is 5. The van der Waals surface area contributed by atoms with E-state index in [-0.39, 0.29) is 30.1 Å². The predicted octanol–water partition coefficient (Wildman–Crippen LogP) is 3.84. The molecular formula is C20H20BrFN2O3. The van der Waals surface area contributed by atoms with Gasteiger partial charge in [0, 0.05) is 29.2 Å². The molecule has 1 N–H and O–H groups in total. The van der Waals surface area contributed by atoms with Crippen LogP contribution in [0.5, 0.6) is 5.75 Å². The number of para-hydroxylation sites is 1. The minimum atomic E-state index is -0.520. The van der Waals surface area contributed by atoms with Crippen LogP contribution in [0.4, 0.5) is 10.1 Å². The van der Waals surface area contributed by atoms with Gasteiger partial charge in [0.05, 0.1) is 0 Å². The van der Waals surface area contributed by atoms with Gasteiger partial charge in [-0.1, -0.05) is 34.1 Å². The number of benzene rings is 2. The van der Waals surface area contributed by atoms with Crippen molar-refractivity contribution in [1.82, 2.24) is 4.90 Å². The fourth-order valence-electron chi connectivity index (χ4n) is 2.98. The highest BCUT2D eigenvalue weighted by molar-refractivity contribution is 9.10. The first-order chi connectivity index (χ1) is 13.0. The minimum Gasteiger partial charge on any atom is -0.481 e.